The molecule has 0 saturated carbocycles. The molecule has 0 amide bonds. The molecule has 6 nitrogen and oxygen atoms in total. The predicted octanol–water partition coefficient (Wildman–Crippen LogP) is 4.61. The number of hydrogen-bond donors (Lipinski definition) is 1. The molecule has 4 aromatic rings. The molecule has 3 heterocycles. The Morgan fingerprint density at radius 2 is 1.82 bits per heavy atom. The number of pyridine rings is 1. The fraction of sp³-hybridized carbons (Fsp3) is 0.280. The highest BCUT2D eigenvalue weighted by atomic mass is 19.3. The second-order valence-corrected chi connectivity index (χ2v) is 8.22. The molecule has 2 aromatic carbocycles. The Balaban J connectivity index is 1.47. The molecular formula is C25H24F3N5O. The third kappa shape index (κ3) is 4.56. The van der Waals surface area contributed by atoms with Crippen LogP contribution in [0.3, 0.4) is 0 Å². The van der Waals surface area contributed by atoms with E-state index in [9.17, 15) is 13.2 Å². The Bertz CT molecular complexity index is 1300. The van der Waals surface area contributed by atoms with E-state index >= 15 is 0 Å². The number of benzene rings is 2. The standard InChI is InChI=1S/C25H24F3N5O/c1-16-31-21-5-2-17(18-3-7-24(30-14-18)32-10-8-29-9-11-32)13-22(21)33(16)15-19-12-20(26)4-6-23(19)34-25(27)28/h2-7,12-14,25,29H,8-11,15H2,1H3. The number of imidazole rings is 1. The number of nitrogens with one attached hydrogen (secondary N) is 1. The van der Waals surface area contributed by atoms with E-state index in [1.807, 2.05) is 48.0 Å². The maximum atomic E-state index is 13.9. The Morgan fingerprint density at radius 1 is 1.03 bits per heavy atom. The van der Waals surface area contributed by atoms with Crippen LogP contribution in [0.5, 0.6) is 5.75 Å². The van der Waals surface area contributed by atoms with Gasteiger partial charge in [-0.25, -0.2) is 14.4 Å². The Kier molecular flexibility index (Phi) is 6.10. The highest BCUT2D eigenvalue weighted by Crippen LogP contribution is 2.29. The minimum Gasteiger partial charge on any atom is -0.434 e. The summed E-state index contributed by atoms with van der Waals surface area (Å²) in [6.45, 7) is 2.72. The van der Waals surface area contributed by atoms with Gasteiger partial charge in [0.25, 0.3) is 0 Å². The molecule has 1 N–H and O–H groups in total. The van der Waals surface area contributed by atoms with Crippen LogP contribution in [-0.4, -0.2) is 47.3 Å². The molecule has 9 heteroatoms. The number of halogens is 3. The van der Waals surface area contributed by atoms with Gasteiger partial charge < -0.3 is 19.5 Å². The second-order valence-electron chi connectivity index (χ2n) is 8.22. The number of piperazine rings is 1. The summed E-state index contributed by atoms with van der Waals surface area (Å²) in [7, 11) is 0. The molecule has 0 aliphatic carbocycles. The van der Waals surface area contributed by atoms with Crippen molar-refractivity contribution in [2.75, 3.05) is 31.1 Å². The summed E-state index contributed by atoms with van der Waals surface area (Å²) in [6.07, 6.45) is 1.85. The number of anilines is 1. The zero-order valence-corrected chi connectivity index (χ0v) is 18.6. The molecule has 1 fully saturated rings. The zero-order chi connectivity index (χ0) is 23.7. The van der Waals surface area contributed by atoms with E-state index in [2.05, 4.69) is 24.9 Å². The summed E-state index contributed by atoms with van der Waals surface area (Å²) >= 11 is 0. The summed E-state index contributed by atoms with van der Waals surface area (Å²) in [5, 5.41) is 3.34. The van der Waals surface area contributed by atoms with Crippen molar-refractivity contribution < 1.29 is 17.9 Å². The maximum Gasteiger partial charge on any atom is 0.387 e. The number of fused-ring (bicyclic) bond motifs is 1. The van der Waals surface area contributed by atoms with Crippen molar-refractivity contribution in [3.05, 3.63) is 71.9 Å². The van der Waals surface area contributed by atoms with Gasteiger partial charge >= 0.3 is 6.61 Å². The molecule has 176 valence electrons. The average Bonchev–Trinajstić information content (AvgIpc) is 3.15. The van der Waals surface area contributed by atoms with Crippen LogP contribution >= 0.6 is 0 Å². The molecule has 1 saturated heterocycles. The molecule has 0 bridgehead atoms. The van der Waals surface area contributed by atoms with Crippen LogP contribution in [0, 0.1) is 12.7 Å². The SMILES string of the molecule is Cc1nc2ccc(-c3ccc(N4CCNCC4)nc3)cc2n1Cc1cc(F)ccc1OC(F)F. The van der Waals surface area contributed by atoms with E-state index in [-0.39, 0.29) is 12.3 Å². The zero-order valence-electron chi connectivity index (χ0n) is 18.6. The first-order valence-electron chi connectivity index (χ1n) is 11.1. The van der Waals surface area contributed by atoms with Gasteiger partial charge in [-0.2, -0.15) is 8.78 Å². The number of alkyl halides is 2. The van der Waals surface area contributed by atoms with E-state index in [1.165, 1.54) is 12.1 Å². The van der Waals surface area contributed by atoms with Gasteiger partial charge in [0.05, 0.1) is 17.6 Å². The third-order valence-corrected chi connectivity index (χ3v) is 6.03. The van der Waals surface area contributed by atoms with Crippen LogP contribution in [0.4, 0.5) is 19.0 Å². The topological polar surface area (TPSA) is 55.2 Å². The Morgan fingerprint density at radius 3 is 2.56 bits per heavy atom. The number of aromatic nitrogens is 3. The van der Waals surface area contributed by atoms with Gasteiger partial charge in [-0.05, 0) is 55.0 Å². The number of nitrogens with zero attached hydrogens (tertiary/aromatic N) is 4. The lowest BCUT2D eigenvalue weighted by Gasteiger charge is -2.28. The monoisotopic (exact) mass is 467 g/mol. The van der Waals surface area contributed by atoms with Crippen molar-refractivity contribution in [1.82, 2.24) is 19.9 Å². The van der Waals surface area contributed by atoms with E-state index < -0.39 is 12.4 Å². The Hall–Kier alpha value is -3.59. The molecule has 1 aliphatic heterocycles. The van der Waals surface area contributed by atoms with Gasteiger partial charge in [0.1, 0.15) is 23.2 Å². The van der Waals surface area contributed by atoms with E-state index in [1.54, 1.807) is 0 Å². The first kappa shape index (κ1) is 22.2. The largest absolute Gasteiger partial charge is 0.434 e. The fourth-order valence-electron chi connectivity index (χ4n) is 4.31. The normalized spacial score (nSPS) is 14.2. The number of ether oxygens (including phenoxy) is 1. The second kappa shape index (κ2) is 9.34. The average molecular weight is 467 g/mol. The van der Waals surface area contributed by atoms with Crippen molar-refractivity contribution in [3.8, 4) is 16.9 Å². The molecule has 0 atom stereocenters. The van der Waals surface area contributed by atoms with Crippen LogP contribution in [0.2, 0.25) is 0 Å². The van der Waals surface area contributed by atoms with Crippen molar-refractivity contribution >= 4 is 16.9 Å². The summed E-state index contributed by atoms with van der Waals surface area (Å²) in [5.41, 5.74) is 3.80. The van der Waals surface area contributed by atoms with Crippen molar-refractivity contribution in [2.45, 2.75) is 20.1 Å². The van der Waals surface area contributed by atoms with Crippen LogP contribution in [-0.2, 0) is 6.54 Å². The lowest BCUT2D eigenvalue weighted by atomic mass is 10.1. The summed E-state index contributed by atoms with van der Waals surface area (Å²) in [4.78, 5) is 11.5. The minimum atomic E-state index is -2.99. The van der Waals surface area contributed by atoms with Crippen molar-refractivity contribution in [2.24, 2.45) is 0 Å². The van der Waals surface area contributed by atoms with Crippen LogP contribution in [0.25, 0.3) is 22.2 Å². The van der Waals surface area contributed by atoms with Gasteiger partial charge in [0, 0.05) is 43.5 Å². The predicted molar refractivity (Wildman–Crippen MR) is 125 cm³/mol. The van der Waals surface area contributed by atoms with Crippen molar-refractivity contribution in [1.29, 1.82) is 0 Å². The summed E-state index contributed by atoms with van der Waals surface area (Å²) in [6, 6.07) is 13.5. The quantitative estimate of drug-likeness (QED) is 0.449. The first-order valence-corrected chi connectivity index (χ1v) is 11.1. The van der Waals surface area contributed by atoms with Crippen LogP contribution in [0.1, 0.15) is 11.4 Å². The van der Waals surface area contributed by atoms with Gasteiger partial charge in [-0.3, -0.25) is 0 Å². The summed E-state index contributed by atoms with van der Waals surface area (Å²) < 4.78 is 46.1. The lowest BCUT2D eigenvalue weighted by Crippen LogP contribution is -2.43. The van der Waals surface area contributed by atoms with Crippen LogP contribution in [0.15, 0.2) is 54.7 Å². The third-order valence-electron chi connectivity index (χ3n) is 6.03. The molecule has 1 aliphatic rings. The molecule has 34 heavy (non-hydrogen) atoms. The lowest BCUT2D eigenvalue weighted by molar-refractivity contribution is -0.0505. The van der Waals surface area contributed by atoms with Gasteiger partial charge in [0.15, 0.2) is 0 Å². The molecule has 2 aromatic heterocycles. The van der Waals surface area contributed by atoms with E-state index in [0.29, 0.717) is 11.4 Å². The fourth-order valence-corrected chi connectivity index (χ4v) is 4.31. The highest BCUT2D eigenvalue weighted by molar-refractivity contribution is 5.83. The van der Waals surface area contributed by atoms with Crippen LogP contribution < -0.4 is 15.0 Å². The van der Waals surface area contributed by atoms with Crippen molar-refractivity contribution in [3.63, 3.8) is 0 Å². The highest BCUT2D eigenvalue weighted by Gasteiger charge is 2.16. The molecule has 5 rings (SSSR count). The molecule has 0 spiro atoms. The number of hydrogen-bond acceptors (Lipinski definition) is 5. The molecule has 0 radical (unpaired) electrons. The first-order chi connectivity index (χ1) is 16.5. The molecular weight excluding hydrogens is 443 g/mol. The van der Waals surface area contributed by atoms with Gasteiger partial charge in [0.2, 0.25) is 0 Å². The summed E-state index contributed by atoms with van der Waals surface area (Å²) in [5.74, 6) is 1.06. The van der Waals surface area contributed by atoms with E-state index in [0.717, 1.165) is 60.2 Å². The number of rotatable bonds is 6. The molecule has 0 unspecified atom stereocenters. The minimum absolute atomic E-state index is 0.0542. The maximum absolute atomic E-state index is 13.9. The number of aryl methyl sites for hydroxylation is 1. The van der Waals surface area contributed by atoms with E-state index in [4.69, 9.17) is 0 Å². The van der Waals surface area contributed by atoms with Gasteiger partial charge in [-0.15, -0.1) is 0 Å². The Labute approximate surface area is 195 Å². The smallest absolute Gasteiger partial charge is 0.387 e. The van der Waals surface area contributed by atoms with Gasteiger partial charge in [-0.1, -0.05) is 6.07 Å².